The fourth-order valence-corrected chi connectivity index (χ4v) is 3.47. The molecular formula is C22H26FN7O2. The van der Waals surface area contributed by atoms with E-state index in [0.29, 0.717) is 36.6 Å². The van der Waals surface area contributed by atoms with Gasteiger partial charge in [-0.15, -0.1) is 0 Å². The zero-order chi connectivity index (χ0) is 22.3. The molecule has 1 atom stereocenters. The molecule has 1 aromatic carbocycles. The van der Waals surface area contributed by atoms with Crippen LogP contribution in [0.3, 0.4) is 0 Å². The molecule has 0 radical (unpaired) electrons. The van der Waals surface area contributed by atoms with Gasteiger partial charge < -0.3 is 20.1 Å². The van der Waals surface area contributed by atoms with Gasteiger partial charge in [-0.05, 0) is 24.1 Å². The molecule has 32 heavy (non-hydrogen) atoms. The molecule has 0 fully saturated rings. The normalized spacial score (nSPS) is 15.8. The Labute approximate surface area is 185 Å². The van der Waals surface area contributed by atoms with Crippen molar-refractivity contribution in [2.75, 3.05) is 14.2 Å². The predicted molar refractivity (Wildman–Crippen MR) is 117 cm³/mol. The monoisotopic (exact) mass is 439 g/mol. The average Bonchev–Trinajstić information content (AvgIpc) is 3.19. The lowest BCUT2D eigenvalue weighted by molar-refractivity contribution is 0.177. The minimum Gasteiger partial charge on any atom is -0.439 e. The van der Waals surface area contributed by atoms with Crippen LogP contribution in [0.2, 0.25) is 0 Å². The fourth-order valence-electron chi connectivity index (χ4n) is 3.47. The van der Waals surface area contributed by atoms with Crippen LogP contribution in [-0.2, 0) is 30.9 Å². The summed E-state index contributed by atoms with van der Waals surface area (Å²) >= 11 is 0. The first-order valence-corrected chi connectivity index (χ1v) is 10.4. The topological polar surface area (TPSA) is 98.5 Å². The van der Waals surface area contributed by atoms with E-state index in [1.807, 2.05) is 10.7 Å². The van der Waals surface area contributed by atoms with E-state index >= 15 is 0 Å². The van der Waals surface area contributed by atoms with Crippen LogP contribution in [0.5, 0.6) is 11.6 Å². The van der Waals surface area contributed by atoms with Crippen molar-refractivity contribution in [2.45, 2.75) is 38.6 Å². The van der Waals surface area contributed by atoms with Gasteiger partial charge in [-0.2, -0.15) is 5.10 Å². The van der Waals surface area contributed by atoms with Gasteiger partial charge >= 0.3 is 0 Å². The largest absolute Gasteiger partial charge is 0.439 e. The Morgan fingerprint density at radius 3 is 2.97 bits per heavy atom. The van der Waals surface area contributed by atoms with Gasteiger partial charge in [0.15, 0.2) is 11.8 Å². The maximum absolute atomic E-state index is 13.3. The van der Waals surface area contributed by atoms with Gasteiger partial charge in [-0.1, -0.05) is 12.1 Å². The molecule has 0 bridgehead atoms. The molecule has 3 heterocycles. The molecule has 0 aliphatic carbocycles. The number of rotatable bonds is 7. The maximum atomic E-state index is 13.3. The van der Waals surface area contributed by atoms with Gasteiger partial charge in [-0.25, -0.2) is 19.0 Å². The summed E-state index contributed by atoms with van der Waals surface area (Å²) in [6.45, 7) is 1.69. The average molecular weight is 439 g/mol. The second-order valence-corrected chi connectivity index (χ2v) is 7.43. The number of nitrogens with zero attached hydrogens (tertiary/aromatic N) is 5. The minimum atomic E-state index is -0.351. The zero-order valence-electron chi connectivity index (χ0n) is 18.1. The number of nitrogens with one attached hydrogen (secondary N) is 2. The van der Waals surface area contributed by atoms with Crippen LogP contribution in [-0.4, -0.2) is 45.9 Å². The molecule has 10 heteroatoms. The van der Waals surface area contributed by atoms with Crippen molar-refractivity contribution in [2.24, 2.45) is 4.99 Å². The summed E-state index contributed by atoms with van der Waals surface area (Å²) in [6, 6.07) is 9.82. The molecule has 0 saturated heterocycles. The predicted octanol–water partition coefficient (Wildman–Crippen LogP) is 2.43. The second kappa shape index (κ2) is 10.2. The summed E-state index contributed by atoms with van der Waals surface area (Å²) in [5, 5.41) is 11.2. The summed E-state index contributed by atoms with van der Waals surface area (Å²) in [6.07, 6.45) is 3.51. The van der Waals surface area contributed by atoms with Crippen molar-refractivity contribution in [1.29, 1.82) is 0 Å². The third kappa shape index (κ3) is 5.58. The van der Waals surface area contributed by atoms with Crippen molar-refractivity contribution >= 4 is 5.96 Å². The molecule has 3 aromatic rings. The van der Waals surface area contributed by atoms with Gasteiger partial charge in [0.1, 0.15) is 24.0 Å². The van der Waals surface area contributed by atoms with Gasteiger partial charge in [-0.3, -0.25) is 4.99 Å². The van der Waals surface area contributed by atoms with Crippen molar-refractivity contribution < 1.29 is 13.9 Å². The van der Waals surface area contributed by atoms with Gasteiger partial charge in [0.25, 0.3) is 0 Å². The molecular weight excluding hydrogens is 413 g/mol. The Hall–Kier alpha value is -3.53. The van der Waals surface area contributed by atoms with E-state index in [1.165, 1.54) is 12.1 Å². The van der Waals surface area contributed by atoms with E-state index in [4.69, 9.17) is 9.47 Å². The first-order valence-electron chi connectivity index (χ1n) is 10.4. The number of methoxy groups -OCH3 is 1. The SMILES string of the molecule is CN=C(NCc1ccc(Oc2cccc(F)c2)nc1)NC1CCc2nc(COC)nn2C1. The highest BCUT2D eigenvalue weighted by Crippen LogP contribution is 2.20. The van der Waals surface area contributed by atoms with Gasteiger partial charge in [0.05, 0.1) is 6.54 Å². The van der Waals surface area contributed by atoms with E-state index in [-0.39, 0.29) is 11.9 Å². The van der Waals surface area contributed by atoms with Crippen molar-refractivity contribution in [1.82, 2.24) is 30.4 Å². The Bertz CT molecular complexity index is 1070. The van der Waals surface area contributed by atoms with E-state index in [9.17, 15) is 4.39 Å². The number of hydrogen-bond acceptors (Lipinski definition) is 6. The molecule has 2 aromatic heterocycles. The molecule has 9 nitrogen and oxygen atoms in total. The highest BCUT2D eigenvalue weighted by Gasteiger charge is 2.22. The molecule has 0 spiro atoms. The van der Waals surface area contributed by atoms with E-state index < -0.39 is 0 Å². The third-order valence-corrected chi connectivity index (χ3v) is 5.02. The number of aromatic nitrogens is 4. The van der Waals surface area contributed by atoms with Gasteiger partial charge in [0, 0.05) is 51.5 Å². The van der Waals surface area contributed by atoms with Crippen molar-refractivity contribution in [3.05, 3.63) is 65.6 Å². The highest BCUT2D eigenvalue weighted by atomic mass is 19.1. The molecule has 1 aliphatic rings. The summed E-state index contributed by atoms with van der Waals surface area (Å²) < 4.78 is 25.9. The molecule has 1 aliphatic heterocycles. The Kier molecular flexibility index (Phi) is 6.90. The van der Waals surface area contributed by atoms with Crippen molar-refractivity contribution in [3.8, 4) is 11.6 Å². The summed E-state index contributed by atoms with van der Waals surface area (Å²) in [5.74, 6) is 2.87. The van der Waals surface area contributed by atoms with Crippen LogP contribution in [0.4, 0.5) is 4.39 Å². The number of guanidine groups is 1. The number of benzene rings is 1. The van der Waals surface area contributed by atoms with Gasteiger partial charge in [0.2, 0.25) is 5.88 Å². The van der Waals surface area contributed by atoms with Crippen molar-refractivity contribution in [3.63, 3.8) is 0 Å². The standard InChI is InChI=1S/C22H26FN7O2/c1-24-22(27-17-7-8-20-28-19(14-31-2)29-30(20)13-17)26-12-15-6-9-21(25-11-15)32-18-5-3-4-16(23)10-18/h3-6,9-11,17H,7-8,12-14H2,1-2H3,(H2,24,26,27). The fraction of sp³-hybridized carbons (Fsp3) is 0.364. The Balaban J connectivity index is 1.28. The lowest BCUT2D eigenvalue weighted by Crippen LogP contribution is -2.46. The molecule has 168 valence electrons. The van der Waals surface area contributed by atoms with Crippen LogP contribution >= 0.6 is 0 Å². The van der Waals surface area contributed by atoms with E-state index in [2.05, 4.69) is 30.7 Å². The number of hydrogen-bond donors (Lipinski definition) is 2. The second-order valence-electron chi connectivity index (χ2n) is 7.43. The van der Waals surface area contributed by atoms with Crippen LogP contribution in [0.15, 0.2) is 47.6 Å². The number of aryl methyl sites for hydroxylation is 1. The molecule has 0 amide bonds. The number of aliphatic imine (C=N–C) groups is 1. The summed E-state index contributed by atoms with van der Waals surface area (Å²) in [4.78, 5) is 13.1. The minimum absolute atomic E-state index is 0.200. The number of ether oxygens (including phenoxy) is 2. The zero-order valence-corrected chi connectivity index (χ0v) is 18.1. The first kappa shape index (κ1) is 21.7. The first-order chi connectivity index (χ1) is 15.6. The lowest BCUT2D eigenvalue weighted by atomic mass is 10.1. The number of halogens is 1. The van der Waals surface area contributed by atoms with E-state index in [1.54, 1.807) is 38.6 Å². The molecule has 0 saturated carbocycles. The lowest BCUT2D eigenvalue weighted by Gasteiger charge is -2.25. The highest BCUT2D eigenvalue weighted by molar-refractivity contribution is 5.79. The third-order valence-electron chi connectivity index (χ3n) is 5.02. The summed E-state index contributed by atoms with van der Waals surface area (Å²) in [7, 11) is 3.38. The van der Waals surface area contributed by atoms with Crippen LogP contribution < -0.4 is 15.4 Å². The Morgan fingerprint density at radius 2 is 2.22 bits per heavy atom. The molecule has 2 N–H and O–H groups in total. The Morgan fingerprint density at radius 1 is 1.31 bits per heavy atom. The molecule has 1 unspecified atom stereocenters. The van der Waals surface area contributed by atoms with Crippen LogP contribution in [0.25, 0.3) is 0 Å². The number of pyridine rings is 1. The summed E-state index contributed by atoms with van der Waals surface area (Å²) in [5.41, 5.74) is 0.964. The smallest absolute Gasteiger partial charge is 0.219 e. The quantitative estimate of drug-likeness (QED) is 0.431. The number of fused-ring (bicyclic) bond motifs is 1. The van der Waals surface area contributed by atoms with E-state index in [0.717, 1.165) is 30.8 Å². The van der Waals surface area contributed by atoms with Crippen LogP contribution in [0, 0.1) is 5.82 Å². The maximum Gasteiger partial charge on any atom is 0.219 e. The van der Waals surface area contributed by atoms with Crippen LogP contribution in [0.1, 0.15) is 23.6 Å². The molecule has 4 rings (SSSR count).